The van der Waals surface area contributed by atoms with E-state index in [0.29, 0.717) is 17.5 Å². The van der Waals surface area contributed by atoms with E-state index in [0.717, 1.165) is 17.7 Å². The number of rotatable bonds is 3. The van der Waals surface area contributed by atoms with Crippen molar-refractivity contribution in [2.75, 3.05) is 0 Å². The second-order valence-corrected chi connectivity index (χ2v) is 4.46. The Morgan fingerprint density at radius 3 is 2.48 bits per heavy atom. The van der Waals surface area contributed by atoms with Gasteiger partial charge in [-0.15, -0.1) is 0 Å². The van der Waals surface area contributed by atoms with Crippen LogP contribution in [-0.4, -0.2) is 16.1 Å². The predicted molar refractivity (Wildman–Crippen MR) is 74.3 cm³/mol. The summed E-state index contributed by atoms with van der Waals surface area (Å²) in [6.07, 6.45) is 2.08. The molecule has 0 N–H and O–H groups in total. The normalized spacial score (nSPS) is 10.6. The molecule has 0 aliphatic heterocycles. The number of halogens is 2. The summed E-state index contributed by atoms with van der Waals surface area (Å²) in [4.78, 5) is 11.2. The minimum atomic E-state index is -0.741. The predicted octanol–water partition coefficient (Wildman–Crippen LogP) is 3.63. The Morgan fingerprint density at radius 2 is 1.81 bits per heavy atom. The Balaban J connectivity index is 2.14. The highest BCUT2D eigenvalue weighted by molar-refractivity contribution is 5.85. The number of hydrogen-bond donors (Lipinski definition) is 0. The van der Waals surface area contributed by atoms with Gasteiger partial charge in [-0.2, -0.15) is 5.10 Å². The van der Waals surface area contributed by atoms with Crippen LogP contribution >= 0.6 is 0 Å². The van der Waals surface area contributed by atoms with Crippen molar-refractivity contribution in [3.8, 4) is 16.9 Å². The fourth-order valence-corrected chi connectivity index (χ4v) is 2.08. The Hall–Kier alpha value is -2.82. The molecule has 0 amide bonds. The van der Waals surface area contributed by atoms with Gasteiger partial charge in [-0.05, 0) is 12.1 Å². The Kier molecular flexibility index (Phi) is 3.31. The van der Waals surface area contributed by atoms with Crippen molar-refractivity contribution in [3.63, 3.8) is 0 Å². The van der Waals surface area contributed by atoms with Crippen molar-refractivity contribution in [2.45, 2.75) is 0 Å². The highest BCUT2D eigenvalue weighted by Gasteiger charge is 2.13. The maximum absolute atomic E-state index is 13.8. The molecule has 104 valence electrons. The number of nitrogens with zero attached hydrogens (tertiary/aromatic N) is 2. The second kappa shape index (κ2) is 5.28. The maximum atomic E-state index is 13.8. The van der Waals surface area contributed by atoms with Gasteiger partial charge < -0.3 is 0 Å². The molecule has 3 nitrogen and oxygen atoms in total. The number of benzene rings is 2. The van der Waals surface area contributed by atoms with Crippen LogP contribution in [0.15, 0.2) is 54.7 Å². The molecule has 0 unspecified atom stereocenters. The van der Waals surface area contributed by atoms with Crippen LogP contribution in [0.4, 0.5) is 8.78 Å². The van der Waals surface area contributed by atoms with E-state index in [9.17, 15) is 13.6 Å². The number of aldehydes is 1. The summed E-state index contributed by atoms with van der Waals surface area (Å²) in [6.45, 7) is 0. The van der Waals surface area contributed by atoms with Crippen molar-refractivity contribution >= 4 is 6.29 Å². The lowest BCUT2D eigenvalue weighted by Crippen LogP contribution is -1.99. The van der Waals surface area contributed by atoms with E-state index >= 15 is 0 Å². The first-order valence-corrected chi connectivity index (χ1v) is 6.25. The molecular weight excluding hydrogens is 274 g/mol. The van der Waals surface area contributed by atoms with Crippen molar-refractivity contribution in [1.29, 1.82) is 0 Å². The lowest BCUT2D eigenvalue weighted by molar-refractivity contribution is 0.112. The van der Waals surface area contributed by atoms with Crippen LogP contribution in [0.2, 0.25) is 0 Å². The summed E-state index contributed by atoms with van der Waals surface area (Å²) in [5, 5.41) is 4.23. The molecule has 0 saturated carbocycles. The largest absolute Gasteiger partial charge is 0.298 e. The van der Waals surface area contributed by atoms with Gasteiger partial charge in [0.1, 0.15) is 17.2 Å². The van der Waals surface area contributed by atoms with Crippen LogP contribution in [0.3, 0.4) is 0 Å². The summed E-state index contributed by atoms with van der Waals surface area (Å²) in [5.41, 5.74) is 1.63. The number of hydrogen-bond acceptors (Lipinski definition) is 2. The zero-order valence-corrected chi connectivity index (χ0v) is 10.8. The van der Waals surface area contributed by atoms with E-state index in [2.05, 4.69) is 5.10 Å². The average molecular weight is 284 g/mol. The second-order valence-electron chi connectivity index (χ2n) is 4.46. The topological polar surface area (TPSA) is 34.9 Å². The van der Waals surface area contributed by atoms with E-state index in [1.165, 1.54) is 16.9 Å². The van der Waals surface area contributed by atoms with Crippen LogP contribution in [-0.2, 0) is 0 Å². The van der Waals surface area contributed by atoms with Gasteiger partial charge in [0.05, 0.1) is 5.56 Å². The Labute approximate surface area is 119 Å². The van der Waals surface area contributed by atoms with Crippen molar-refractivity contribution in [1.82, 2.24) is 9.78 Å². The molecule has 0 fully saturated rings. The Morgan fingerprint density at radius 1 is 1.05 bits per heavy atom. The first kappa shape index (κ1) is 13.2. The molecule has 0 atom stereocenters. The van der Waals surface area contributed by atoms with E-state index in [-0.39, 0.29) is 5.69 Å². The van der Waals surface area contributed by atoms with Gasteiger partial charge in [0.15, 0.2) is 12.1 Å². The molecule has 1 heterocycles. The van der Waals surface area contributed by atoms with E-state index in [1.807, 2.05) is 18.2 Å². The van der Waals surface area contributed by atoms with E-state index < -0.39 is 11.6 Å². The summed E-state index contributed by atoms with van der Waals surface area (Å²) in [6, 6.07) is 12.3. The summed E-state index contributed by atoms with van der Waals surface area (Å²) >= 11 is 0. The third-order valence-electron chi connectivity index (χ3n) is 3.07. The van der Waals surface area contributed by atoms with Crippen LogP contribution < -0.4 is 0 Å². The minimum absolute atomic E-state index is 0.0849. The molecule has 21 heavy (non-hydrogen) atoms. The highest BCUT2D eigenvalue weighted by Crippen LogP contribution is 2.23. The van der Waals surface area contributed by atoms with Gasteiger partial charge in [0.25, 0.3) is 0 Å². The van der Waals surface area contributed by atoms with Crippen molar-refractivity contribution in [2.24, 2.45) is 0 Å². The van der Waals surface area contributed by atoms with Gasteiger partial charge >= 0.3 is 0 Å². The number of carbonyl (C=O) groups excluding carboxylic acids is 1. The molecule has 0 bridgehead atoms. The van der Waals surface area contributed by atoms with Crippen LogP contribution in [0, 0.1) is 11.6 Å². The first-order valence-electron chi connectivity index (χ1n) is 6.25. The van der Waals surface area contributed by atoms with Crippen LogP contribution in [0.1, 0.15) is 10.4 Å². The monoisotopic (exact) mass is 284 g/mol. The highest BCUT2D eigenvalue weighted by atomic mass is 19.1. The molecule has 1 aromatic heterocycles. The van der Waals surface area contributed by atoms with Gasteiger partial charge in [-0.25, -0.2) is 13.5 Å². The molecule has 0 spiro atoms. The quantitative estimate of drug-likeness (QED) is 0.688. The number of aromatic nitrogens is 2. The smallest absolute Gasteiger partial charge is 0.153 e. The average Bonchev–Trinajstić information content (AvgIpc) is 2.92. The van der Waals surface area contributed by atoms with Gasteiger partial charge in [0, 0.05) is 17.8 Å². The molecule has 5 heteroatoms. The van der Waals surface area contributed by atoms with Gasteiger partial charge in [-0.3, -0.25) is 4.79 Å². The first-order chi connectivity index (χ1) is 10.2. The zero-order valence-electron chi connectivity index (χ0n) is 10.8. The van der Waals surface area contributed by atoms with Crippen molar-refractivity contribution in [3.05, 3.63) is 71.9 Å². The zero-order chi connectivity index (χ0) is 14.8. The number of carbonyl (C=O) groups is 1. The summed E-state index contributed by atoms with van der Waals surface area (Å²) < 4.78 is 28.0. The fourth-order valence-electron chi connectivity index (χ4n) is 2.08. The van der Waals surface area contributed by atoms with E-state index in [4.69, 9.17) is 0 Å². The summed E-state index contributed by atoms with van der Waals surface area (Å²) in [7, 11) is 0. The third kappa shape index (κ3) is 2.45. The standard InChI is InChI=1S/C16H10F2N2O/c17-13-6-7-15(14(18)8-13)20-9-12(10-21)16(19-20)11-4-2-1-3-5-11/h1-10H. The lowest BCUT2D eigenvalue weighted by atomic mass is 10.1. The molecule has 2 aromatic carbocycles. The van der Waals surface area contributed by atoms with E-state index in [1.54, 1.807) is 12.1 Å². The SMILES string of the molecule is O=Cc1cn(-c2ccc(F)cc2F)nc1-c1ccccc1. The molecule has 0 aliphatic carbocycles. The minimum Gasteiger partial charge on any atom is -0.298 e. The molecule has 0 saturated heterocycles. The lowest BCUT2D eigenvalue weighted by Gasteiger charge is -2.02. The molecule has 3 aromatic rings. The fraction of sp³-hybridized carbons (Fsp3) is 0. The van der Waals surface area contributed by atoms with Crippen LogP contribution in [0.25, 0.3) is 16.9 Å². The van der Waals surface area contributed by atoms with Gasteiger partial charge in [0.2, 0.25) is 0 Å². The molecule has 0 aliphatic rings. The maximum Gasteiger partial charge on any atom is 0.153 e. The van der Waals surface area contributed by atoms with Crippen LogP contribution in [0.5, 0.6) is 0 Å². The third-order valence-corrected chi connectivity index (χ3v) is 3.07. The van der Waals surface area contributed by atoms with Crippen molar-refractivity contribution < 1.29 is 13.6 Å². The Bertz CT molecular complexity index is 797. The summed E-state index contributed by atoms with van der Waals surface area (Å²) in [5.74, 6) is -1.41. The molecular formula is C16H10F2N2O. The molecule has 0 radical (unpaired) electrons. The molecule has 3 rings (SSSR count). The van der Waals surface area contributed by atoms with Gasteiger partial charge in [-0.1, -0.05) is 30.3 Å².